The number of halogens is 4. The molecule has 3 aromatic rings. The van der Waals surface area contributed by atoms with Crippen molar-refractivity contribution in [3.8, 4) is 5.75 Å². The highest BCUT2D eigenvalue weighted by atomic mass is 19.2. The summed E-state index contributed by atoms with van der Waals surface area (Å²) in [7, 11) is 0. The molecule has 1 aromatic heterocycles. The van der Waals surface area contributed by atoms with Crippen molar-refractivity contribution < 1.29 is 31.5 Å². The minimum absolute atomic E-state index is 0.0604. The number of carbonyl (C=O) groups excluding carboxylic acids is 1. The van der Waals surface area contributed by atoms with E-state index in [4.69, 9.17) is 9.15 Å². The number of rotatable bonds is 5. The van der Waals surface area contributed by atoms with Gasteiger partial charge in [-0.05, 0) is 24.6 Å². The molecule has 9 heteroatoms. The normalized spacial score (nSPS) is 15.8. The summed E-state index contributed by atoms with van der Waals surface area (Å²) >= 11 is 0. The molecule has 2 aromatic carbocycles. The fourth-order valence-corrected chi connectivity index (χ4v) is 3.24. The predicted octanol–water partition coefficient (Wildman–Crippen LogP) is 4.90. The van der Waals surface area contributed by atoms with Crippen LogP contribution in [0.5, 0.6) is 5.75 Å². The molecule has 0 N–H and O–H groups in total. The van der Waals surface area contributed by atoms with Crippen molar-refractivity contribution in [2.75, 3.05) is 6.61 Å². The van der Waals surface area contributed by atoms with Crippen LogP contribution in [0.25, 0.3) is 0 Å². The average molecular weight is 432 g/mol. The Kier molecular flexibility index (Phi) is 5.50. The zero-order chi connectivity index (χ0) is 22.1. The molecular formula is C22H16F4N2O3. The zero-order valence-corrected chi connectivity index (χ0v) is 16.2. The van der Waals surface area contributed by atoms with Gasteiger partial charge in [0.25, 0.3) is 5.91 Å². The second-order valence-corrected chi connectivity index (χ2v) is 6.97. The number of hydrogen-bond acceptors (Lipinski definition) is 4. The first kappa shape index (κ1) is 20.6. The van der Waals surface area contributed by atoms with Gasteiger partial charge in [0.15, 0.2) is 24.0 Å². The SMILES string of the molecule is Cc1ccc(C2=NN(C(=O)COc3c(F)c(F)cc(F)c3F)C(c3ccco3)C2)cc1. The van der Waals surface area contributed by atoms with E-state index in [1.165, 1.54) is 6.26 Å². The molecule has 0 spiro atoms. The first-order valence-corrected chi connectivity index (χ1v) is 9.31. The van der Waals surface area contributed by atoms with Crippen molar-refractivity contribution >= 4 is 11.6 Å². The minimum Gasteiger partial charge on any atom is -0.477 e. The van der Waals surface area contributed by atoms with Crippen molar-refractivity contribution in [3.63, 3.8) is 0 Å². The van der Waals surface area contributed by atoms with Gasteiger partial charge >= 0.3 is 0 Å². The summed E-state index contributed by atoms with van der Waals surface area (Å²) in [6, 6.07) is 10.3. The number of amides is 1. The van der Waals surface area contributed by atoms with Crippen LogP contribution < -0.4 is 4.74 Å². The Morgan fingerprint density at radius 1 is 1.13 bits per heavy atom. The van der Waals surface area contributed by atoms with E-state index in [0.29, 0.717) is 17.9 Å². The minimum atomic E-state index is -1.72. The Labute approximate surface area is 174 Å². The monoisotopic (exact) mass is 432 g/mol. The molecule has 0 radical (unpaired) electrons. The van der Waals surface area contributed by atoms with E-state index in [1.807, 2.05) is 31.2 Å². The molecule has 1 aliphatic heterocycles. The molecule has 1 aliphatic rings. The molecule has 0 saturated heterocycles. The van der Waals surface area contributed by atoms with Crippen LogP contribution in [0.2, 0.25) is 0 Å². The first-order chi connectivity index (χ1) is 14.8. The van der Waals surface area contributed by atoms with E-state index in [-0.39, 0.29) is 6.07 Å². The molecular weight excluding hydrogens is 416 g/mol. The summed E-state index contributed by atoms with van der Waals surface area (Å²) < 4.78 is 64.6. The number of benzene rings is 2. The molecule has 1 atom stereocenters. The Balaban J connectivity index is 1.59. The van der Waals surface area contributed by atoms with Crippen LogP contribution in [-0.2, 0) is 4.79 Å². The first-order valence-electron chi connectivity index (χ1n) is 9.31. The van der Waals surface area contributed by atoms with E-state index in [9.17, 15) is 22.4 Å². The number of furan rings is 1. The average Bonchev–Trinajstić information content (AvgIpc) is 3.42. The maximum absolute atomic E-state index is 13.8. The topological polar surface area (TPSA) is 55.0 Å². The molecule has 0 fully saturated rings. The van der Waals surface area contributed by atoms with Crippen LogP contribution in [0.4, 0.5) is 17.6 Å². The van der Waals surface area contributed by atoms with Gasteiger partial charge in [0.2, 0.25) is 11.6 Å². The summed E-state index contributed by atoms with van der Waals surface area (Å²) in [6.45, 7) is 1.05. The highest BCUT2D eigenvalue weighted by molar-refractivity contribution is 6.03. The van der Waals surface area contributed by atoms with Crippen LogP contribution in [0.3, 0.4) is 0 Å². The highest BCUT2D eigenvalue weighted by Gasteiger charge is 2.35. The van der Waals surface area contributed by atoms with Crippen LogP contribution in [0, 0.1) is 30.2 Å². The number of aryl methyl sites for hydroxylation is 1. The third-order valence-electron chi connectivity index (χ3n) is 4.83. The van der Waals surface area contributed by atoms with Gasteiger partial charge in [0, 0.05) is 12.5 Å². The summed E-state index contributed by atoms with van der Waals surface area (Å²) in [5, 5.41) is 5.43. The summed E-state index contributed by atoms with van der Waals surface area (Å²) in [5.74, 6) is -8.33. The Morgan fingerprint density at radius 3 is 2.42 bits per heavy atom. The van der Waals surface area contributed by atoms with Crippen molar-refractivity contribution in [3.05, 3.63) is 88.9 Å². The maximum Gasteiger partial charge on any atom is 0.281 e. The van der Waals surface area contributed by atoms with E-state index in [0.717, 1.165) is 16.1 Å². The number of hydrazone groups is 1. The molecule has 0 saturated carbocycles. The van der Waals surface area contributed by atoms with Gasteiger partial charge in [-0.3, -0.25) is 4.79 Å². The van der Waals surface area contributed by atoms with E-state index in [1.54, 1.807) is 12.1 Å². The van der Waals surface area contributed by atoms with Gasteiger partial charge in [0.1, 0.15) is 11.8 Å². The molecule has 0 bridgehead atoms. The third kappa shape index (κ3) is 4.03. The van der Waals surface area contributed by atoms with Crippen LogP contribution in [0.1, 0.15) is 29.3 Å². The van der Waals surface area contributed by atoms with Crippen molar-refractivity contribution in [1.29, 1.82) is 0 Å². The van der Waals surface area contributed by atoms with Crippen molar-refractivity contribution in [1.82, 2.24) is 5.01 Å². The highest BCUT2D eigenvalue weighted by Crippen LogP contribution is 2.33. The lowest BCUT2D eigenvalue weighted by atomic mass is 10.0. The molecule has 31 heavy (non-hydrogen) atoms. The van der Waals surface area contributed by atoms with Gasteiger partial charge in [-0.25, -0.2) is 13.8 Å². The fourth-order valence-electron chi connectivity index (χ4n) is 3.24. The van der Waals surface area contributed by atoms with Gasteiger partial charge in [-0.2, -0.15) is 13.9 Å². The molecule has 0 aliphatic carbocycles. The molecule has 160 valence electrons. The zero-order valence-electron chi connectivity index (χ0n) is 16.2. The van der Waals surface area contributed by atoms with Crippen LogP contribution in [-0.4, -0.2) is 23.2 Å². The summed E-state index contributed by atoms with van der Waals surface area (Å²) in [5.41, 5.74) is 2.45. The van der Waals surface area contributed by atoms with Crippen LogP contribution >= 0.6 is 0 Å². The molecule has 5 nitrogen and oxygen atoms in total. The lowest BCUT2D eigenvalue weighted by molar-refractivity contribution is -0.135. The molecule has 1 amide bonds. The summed E-state index contributed by atoms with van der Waals surface area (Å²) in [6.07, 6.45) is 1.78. The van der Waals surface area contributed by atoms with Crippen LogP contribution in [0.15, 0.2) is 58.2 Å². The Morgan fingerprint density at radius 2 is 1.81 bits per heavy atom. The third-order valence-corrected chi connectivity index (χ3v) is 4.83. The van der Waals surface area contributed by atoms with Gasteiger partial charge in [0.05, 0.1) is 12.0 Å². The lowest BCUT2D eigenvalue weighted by Gasteiger charge is -2.20. The Bertz CT molecular complexity index is 1120. The Hall–Kier alpha value is -3.62. The van der Waals surface area contributed by atoms with Gasteiger partial charge < -0.3 is 9.15 Å². The number of nitrogens with zero attached hydrogens (tertiary/aromatic N) is 2. The standard InChI is InChI=1S/C22H16F4N2O3/c1-12-4-6-13(7-5-12)16-10-17(18-3-2-8-30-18)28(27-16)19(29)11-31-22-20(25)14(23)9-15(24)21(22)26/h2-9,17H,10-11H2,1H3. The quantitative estimate of drug-likeness (QED) is 0.426. The van der Waals surface area contributed by atoms with E-state index in [2.05, 4.69) is 5.10 Å². The van der Waals surface area contributed by atoms with E-state index < -0.39 is 47.6 Å². The summed E-state index contributed by atoms with van der Waals surface area (Å²) in [4.78, 5) is 12.8. The smallest absolute Gasteiger partial charge is 0.281 e. The van der Waals surface area contributed by atoms with Gasteiger partial charge in [-0.1, -0.05) is 29.8 Å². The maximum atomic E-state index is 13.8. The van der Waals surface area contributed by atoms with Crippen molar-refractivity contribution in [2.24, 2.45) is 5.10 Å². The van der Waals surface area contributed by atoms with E-state index >= 15 is 0 Å². The number of carbonyl (C=O) groups is 1. The number of ether oxygens (including phenoxy) is 1. The molecule has 2 heterocycles. The second kappa shape index (κ2) is 8.25. The fraction of sp³-hybridized carbons (Fsp3) is 0.182. The lowest BCUT2D eigenvalue weighted by Crippen LogP contribution is -2.31. The predicted molar refractivity (Wildman–Crippen MR) is 102 cm³/mol. The second-order valence-electron chi connectivity index (χ2n) is 6.97. The molecule has 4 rings (SSSR count). The number of hydrogen-bond donors (Lipinski definition) is 0. The van der Waals surface area contributed by atoms with Gasteiger partial charge in [-0.15, -0.1) is 0 Å². The molecule has 1 unspecified atom stereocenters. The largest absolute Gasteiger partial charge is 0.477 e. The van der Waals surface area contributed by atoms with Crippen molar-refractivity contribution in [2.45, 2.75) is 19.4 Å².